The van der Waals surface area contributed by atoms with Gasteiger partial charge in [-0.05, 0) is 29.8 Å². The number of rotatable bonds is 4. The molecule has 1 fully saturated rings. The highest BCUT2D eigenvalue weighted by Gasteiger charge is 2.31. The minimum Gasteiger partial charge on any atom is -0.508 e. The quantitative estimate of drug-likeness (QED) is 0.774. The maximum Gasteiger partial charge on any atom is 0.573 e. The molecule has 2 aromatic rings. The summed E-state index contributed by atoms with van der Waals surface area (Å²) in [5.41, 5.74) is 1.30. The number of halogens is 3. The minimum absolute atomic E-state index is 0.0563. The summed E-state index contributed by atoms with van der Waals surface area (Å²) in [4.78, 5) is 2.13. The molecule has 26 heavy (non-hydrogen) atoms. The number of phenols is 2. The SMILES string of the molecule is Oc1ccc([C@@H](c2ccc(OC(F)(F)F)cc2)N2CCNCC2)c(O)c1. The fraction of sp³-hybridized carbons (Fsp3) is 0.333. The van der Waals surface area contributed by atoms with Gasteiger partial charge in [-0.25, -0.2) is 0 Å². The van der Waals surface area contributed by atoms with Gasteiger partial charge < -0.3 is 20.3 Å². The lowest BCUT2D eigenvalue weighted by Crippen LogP contribution is -2.45. The normalized spacial score (nSPS) is 17.0. The molecule has 0 radical (unpaired) electrons. The molecule has 1 saturated heterocycles. The van der Waals surface area contributed by atoms with E-state index < -0.39 is 6.36 Å². The number of benzene rings is 2. The first kappa shape index (κ1) is 18.3. The number of phenolic OH excluding ortho intramolecular Hbond substituents is 2. The van der Waals surface area contributed by atoms with Crippen molar-refractivity contribution in [1.82, 2.24) is 10.2 Å². The molecule has 0 spiro atoms. The van der Waals surface area contributed by atoms with Crippen LogP contribution in [0.3, 0.4) is 0 Å². The molecule has 0 aliphatic carbocycles. The summed E-state index contributed by atoms with van der Waals surface area (Å²) in [5, 5.41) is 23.1. The van der Waals surface area contributed by atoms with Crippen molar-refractivity contribution in [3.63, 3.8) is 0 Å². The molecule has 1 aliphatic heterocycles. The van der Waals surface area contributed by atoms with Crippen molar-refractivity contribution in [2.45, 2.75) is 12.4 Å². The summed E-state index contributed by atoms with van der Waals surface area (Å²) in [6, 6.07) is 9.64. The first-order valence-corrected chi connectivity index (χ1v) is 8.16. The van der Waals surface area contributed by atoms with Gasteiger partial charge in [0.15, 0.2) is 0 Å². The van der Waals surface area contributed by atoms with Gasteiger partial charge in [-0.1, -0.05) is 12.1 Å². The lowest BCUT2D eigenvalue weighted by atomic mass is 9.95. The van der Waals surface area contributed by atoms with Crippen molar-refractivity contribution in [2.24, 2.45) is 0 Å². The fourth-order valence-corrected chi connectivity index (χ4v) is 3.14. The van der Waals surface area contributed by atoms with Gasteiger partial charge >= 0.3 is 6.36 Å². The van der Waals surface area contributed by atoms with Gasteiger partial charge in [-0.3, -0.25) is 4.90 Å². The Balaban J connectivity index is 1.95. The van der Waals surface area contributed by atoms with Crippen LogP contribution in [0.1, 0.15) is 17.2 Å². The molecule has 1 aliphatic rings. The van der Waals surface area contributed by atoms with Gasteiger partial charge in [0.05, 0.1) is 6.04 Å². The molecule has 140 valence electrons. The van der Waals surface area contributed by atoms with E-state index in [2.05, 4.69) is 15.0 Å². The van der Waals surface area contributed by atoms with Crippen LogP contribution in [-0.4, -0.2) is 47.7 Å². The van der Waals surface area contributed by atoms with Crippen LogP contribution in [0.15, 0.2) is 42.5 Å². The largest absolute Gasteiger partial charge is 0.573 e. The summed E-state index contributed by atoms with van der Waals surface area (Å²) in [6.07, 6.45) is -4.74. The maximum absolute atomic E-state index is 12.4. The highest BCUT2D eigenvalue weighted by Crippen LogP contribution is 2.37. The van der Waals surface area contributed by atoms with Crippen molar-refractivity contribution >= 4 is 0 Å². The molecular weight excluding hydrogens is 349 g/mol. The highest BCUT2D eigenvalue weighted by molar-refractivity contribution is 5.45. The Bertz CT molecular complexity index is 744. The van der Waals surface area contributed by atoms with Crippen molar-refractivity contribution in [3.05, 3.63) is 53.6 Å². The fourth-order valence-electron chi connectivity index (χ4n) is 3.14. The topological polar surface area (TPSA) is 65.0 Å². The van der Waals surface area contributed by atoms with E-state index in [-0.39, 0.29) is 23.3 Å². The number of alkyl halides is 3. The van der Waals surface area contributed by atoms with Crippen molar-refractivity contribution in [1.29, 1.82) is 0 Å². The Kier molecular flexibility index (Phi) is 5.24. The second-order valence-electron chi connectivity index (χ2n) is 6.05. The van der Waals surface area contributed by atoms with Gasteiger partial charge in [0, 0.05) is 37.8 Å². The van der Waals surface area contributed by atoms with Gasteiger partial charge in [0.2, 0.25) is 0 Å². The summed E-state index contributed by atoms with van der Waals surface area (Å²) in [5.74, 6) is -0.418. The summed E-state index contributed by atoms with van der Waals surface area (Å²) in [6.45, 7) is 2.97. The lowest BCUT2D eigenvalue weighted by Gasteiger charge is -2.36. The van der Waals surface area contributed by atoms with Crippen LogP contribution in [0.2, 0.25) is 0 Å². The molecule has 8 heteroatoms. The molecule has 1 atom stereocenters. The standard InChI is InChI=1S/C18H19F3N2O3/c19-18(20,21)26-14-4-1-12(2-5-14)17(23-9-7-22-8-10-23)15-6-3-13(24)11-16(15)25/h1-6,11,17,22,24-25H,7-10H2/t17-/m1/s1. The van der Waals surface area contributed by atoms with E-state index in [1.165, 1.54) is 24.3 Å². The van der Waals surface area contributed by atoms with Crippen LogP contribution < -0.4 is 10.1 Å². The summed E-state index contributed by atoms with van der Waals surface area (Å²) < 4.78 is 41.0. The molecule has 5 nitrogen and oxygen atoms in total. The van der Waals surface area contributed by atoms with E-state index in [9.17, 15) is 23.4 Å². The van der Waals surface area contributed by atoms with E-state index in [0.29, 0.717) is 18.7 Å². The Hall–Kier alpha value is -2.45. The molecule has 0 unspecified atom stereocenters. The monoisotopic (exact) mass is 368 g/mol. The number of hydrogen-bond acceptors (Lipinski definition) is 5. The zero-order valence-corrected chi connectivity index (χ0v) is 13.8. The number of hydrogen-bond donors (Lipinski definition) is 3. The number of aromatic hydroxyl groups is 2. The number of ether oxygens (including phenoxy) is 1. The van der Waals surface area contributed by atoms with Gasteiger partial charge in [-0.15, -0.1) is 13.2 Å². The van der Waals surface area contributed by atoms with Crippen LogP contribution in [0, 0.1) is 0 Å². The third-order valence-electron chi connectivity index (χ3n) is 4.25. The smallest absolute Gasteiger partial charge is 0.508 e. The average Bonchev–Trinajstić information content (AvgIpc) is 2.58. The van der Waals surface area contributed by atoms with Crippen LogP contribution >= 0.6 is 0 Å². The Morgan fingerprint density at radius 3 is 2.23 bits per heavy atom. The van der Waals surface area contributed by atoms with Crippen LogP contribution in [0.4, 0.5) is 13.2 Å². The van der Waals surface area contributed by atoms with E-state index in [1.54, 1.807) is 18.2 Å². The number of nitrogens with zero attached hydrogens (tertiary/aromatic N) is 1. The van der Waals surface area contributed by atoms with E-state index in [0.717, 1.165) is 18.7 Å². The summed E-state index contributed by atoms with van der Waals surface area (Å²) in [7, 11) is 0. The molecule has 1 heterocycles. The third kappa shape index (κ3) is 4.39. The molecular formula is C18H19F3N2O3. The van der Waals surface area contributed by atoms with Gasteiger partial charge in [-0.2, -0.15) is 0 Å². The average molecular weight is 368 g/mol. The molecule has 0 aromatic heterocycles. The molecule has 0 saturated carbocycles. The number of nitrogens with one attached hydrogen (secondary N) is 1. The van der Waals surface area contributed by atoms with E-state index >= 15 is 0 Å². The first-order valence-electron chi connectivity index (χ1n) is 8.16. The van der Waals surface area contributed by atoms with Crippen LogP contribution in [-0.2, 0) is 0 Å². The predicted molar refractivity (Wildman–Crippen MR) is 89.2 cm³/mol. The first-order chi connectivity index (χ1) is 12.3. The van der Waals surface area contributed by atoms with E-state index in [4.69, 9.17) is 0 Å². The summed E-state index contributed by atoms with van der Waals surface area (Å²) >= 11 is 0. The van der Waals surface area contributed by atoms with Crippen LogP contribution in [0.25, 0.3) is 0 Å². The molecule has 0 amide bonds. The Morgan fingerprint density at radius 2 is 1.65 bits per heavy atom. The predicted octanol–water partition coefficient (Wildman–Crippen LogP) is 2.99. The molecule has 2 aromatic carbocycles. The van der Waals surface area contributed by atoms with Crippen LogP contribution in [0.5, 0.6) is 17.2 Å². The van der Waals surface area contributed by atoms with Crippen molar-refractivity contribution < 1.29 is 28.1 Å². The molecule has 3 N–H and O–H groups in total. The second kappa shape index (κ2) is 7.43. The van der Waals surface area contributed by atoms with Crippen molar-refractivity contribution in [2.75, 3.05) is 26.2 Å². The number of piperazine rings is 1. The Morgan fingerprint density at radius 1 is 1.00 bits per heavy atom. The zero-order valence-electron chi connectivity index (χ0n) is 13.8. The van der Waals surface area contributed by atoms with E-state index in [1.807, 2.05) is 0 Å². The van der Waals surface area contributed by atoms with Gasteiger partial charge in [0.25, 0.3) is 0 Å². The maximum atomic E-state index is 12.4. The highest BCUT2D eigenvalue weighted by atomic mass is 19.4. The molecule has 0 bridgehead atoms. The third-order valence-corrected chi connectivity index (χ3v) is 4.25. The van der Waals surface area contributed by atoms with Crippen molar-refractivity contribution in [3.8, 4) is 17.2 Å². The Labute approximate surface area is 148 Å². The molecule has 3 rings (SSSR count). The zero-order chi connectivity index (χ0) is 18.7. The lowest BCUT2D eigenvalue weighted by molar-refractivity contribution is -0.274. The second-order valence-corrected chi connectivity index (χ2v) is 6.05. The van der Waals surface area contributed by atoms with Gasteiger partial charge in [0.1, 0.15) is 17.2 Å². The minimum atomic E-state index is -4.74.